The second-order valence-corrected chi connectivity index (χ2v) is 9.89. The number of hydrogen-bond acceptors (Lipinski definition) is 11. The van der Waals surface area contributed by atoms with Crippen LogP contribution in [0.2, 0.25) is 0 Å². The highest BCUT2D eigenvalue weighted by Crippen LogP contribution is 2.33. The maximum atomic E-state index is 13.4. The number of nitrogens with zero attached hydrogens (tertiary/aromatic N) is 3. The fourth-order valence-electron chi connectivity index (χ4n) is 4.75. The van der Waals surface area contributed by atoms with Gasteiger partial charge >= 0.3 is 11.9 Å². The zero-order chi connectivity index (χ0) is 33.0. The normalized spacial score (nSPS) is 12.7. The number of ether oxygens (including phenoxy) is 2. The van der Waals surface area contributed by atoms with E-state index < -0.39 is 63.3 Å². The van der Waals surface area contributed by atoms with Crippen LogP contribution < -0.4 is 4.74 Å². The molecule has 1 aliphatic heterocycles. The number of esters is 2. The molecule has 1 unspecified atom stereocenters. The van der Waals surface area contributed by atoms with Crippen LogP contribution in [0.3, 0.4) is 0 Å². The van der Waals surface area contributed by atoms with Crippen LogP contribution in [0.4, 0.5) is 11.4 Å². The van der Waals surface area contributed by atoms with Crippen molar-refractivity contribution in [1.82, 2.24) is 4.90 Å². The Balaban J connectivity index is 1.28. The summed E-state index contributed by atoms with van der Waals surface area (Å²) in [5, 5.41) is 22.3. The molecule has 4 aromatic carbocycles. The van der Waals surface area contributed by atoms with Gasteiger partial charge in [0.15, 0.2) is 12.4 Å². The van der Waals surface area contributed by atoms with Crippen LogP contribution in [0.1, 0.15) is 47.0 Å². The van der Waals surface area contributed by atoms with E-state index in [1.807, 2.05) is 0 Å². The van der Waals surface area contributed by atoms with Crippen LogP contribution in [0.25, 0.3) is 0 Å². The Hall–Kier alpha value is -6.57. The number of amides is 2. The Morgan fingerprint density at radius 2 is 1.39 bits per heavy atom. The van der Waals surface area contributed by atoms with Gasteiger partial charge < -0.3 is 9.47 Å². The minimum atomic E-state index is -1.54. The van der Waals surface area contributed by atoms with Crippen molar-refractivity contribution in [3.05, 3.63) is 145 Å². The zero-order valence-corrected chi connectivity index (χ0v) is 23.6. The number of fused-ring (bicyclic) bond motifs is 1. The monoisotopic (exact) mass is 623 g/mol. The van der Waals surface area contributed by atoms with E-state index in [0.29, 0.717) is 10.5 Å². The van der Waals surface area contributed by atoms with Gasteiger partial charge in [-0.3, -0.25) is 39.5 Å². The van der Waals surface area contributed by atoms with Gasteiger partial charge in [0, 0.05) is 30.2 Å². The lowest BCUT2D eigenvalue weighted by atomic mass is 10.0. The predicted octanol–water partition coefficient (Wildman–Crippen LogP) is 4.36. The molecule has 4 aromatic rings. The van der Waals surface area contributed by atoms with Crippen molar-refractivity contribution >= 4 is 40.9 Å². The molecule has 0 saturated carbocycles. The molecule has 0 spiro atoms. The second-order valence-electron chi connectivity index (χ2n) is 9.89. The van der Waals surface area contributed by atoms with Crippen LogP contribution in [-0.2, 0) is 16.0 Å². The molecule has 0 N–H and O–H groups in total. The smallest absolute Gasteiger partial charge is 0.343 e. The summed E-state index contributed by atoms with van der Waals surface area (Å²) in [6.07, 6.45) is -0.179. The summed E-state index contributed by atoms with van der Waals surface area (Å²) in [6, 6.07) is 20.5. The molecule has 46 heavy (non-hydrogen) atoms. The summed E-state index contributed by atoms with van der Waals surface area (Å²) in [5.74, 6) is -4.39. The van der Waals surface area contributed by atoms with Crippen LogP contribution in [0.15, 0.2) is 97.1 Å². The van der Waals surface area contributed by atoms with E-state index in [1.54, 1.807) is 30.3 Å². The third-order valence-electron chi connectivity index (χ3n) is 7.02. The number of rotatable bonds is 11. The van der Waals surface area contributed by atoms with E-state index in [-0.39, 0.29) is 34.5 Å². The molecule has 14 heteroatoms. The molecule has 14 nitrogen and oxygen atoms in total. The van der Waals surface area contributed by atoms with E-state index in [2.05, 4.69) is 0 Å². The van der Waals surface area contributed by atoms with Crippen molar-refractivity contribution < 1.29 is 43.3 Å². The lowest BCUT2D eigenvalue weighted by molar-refractivity contribution is -0.385. The number of nitro benzene ring substituents is 2. The fourth-order valence-corrected chi connectivity index (χ4v) is 4.75. The van der Waals surface area contributed by atoms with Gasteiger partial charge in [-0.15, -0.1) is 0 Å². The summed E-state index contributed by atoms with van der Waals surface area (Å²) in [5.41, 5.74) is -0.735. The van der Waals surface area contributed by atoms with Crippen LogP contribution in [0.5, 0.6) is 5.75 Å². The first-order valence-electron chi connectivity index (χ1n) is 13.5. The van der Waals surface area contributed by atoms with E-state index in [4.69, 9.17) is 9.47 Å². The average Bonchev–Trinajstić information content (AvgIpc) is 3.32. The van der Waals surface area contributed by atoms with Crippen LogP contribution in [-0.4, -0.2) is 56.9 Å². The number of ketones is 1. The lowest BCUT2D eigenvalue weighted by Crippen LogP contribution is -2.47. The minimum absolute atomic E-state index is 0.0652. The number of imide groups is 1. The first kappa shape index (κ1) is 30.9. The van der Waals surface area contributed by atoms with E-state index in [0.717, 1.165) is 18.2 Å². The SMILES string of the molecule is O=C(COC(=O)C(Cc1ccccc1)N1C(=O)c2cccc([N+](=O)[O-])c2C1=O)c1ccc(OC(=O)c2ccc([N+](=O)[O-])cc2)cc1. The summed E-state index contributed by atoms with van der Waals surface area (Å²) in [6.45, 7) is -0.768. The Morgan fingerprint density at radius 1 is 0.739 bits per heavy atom. The maximum absolute atomic E-state index is 13.4. The second kappa shape index (κ2) is 13.0. The Bertz CT molecular complexity index is 1890. The molecular weight excluding hydrogens is 602 g/mol. The number of Topliss-reactive ketones (excluding diaryl/α,β-unsaturated/α-hetero) is 1. The highest BCUT2D eigenvalue weighted by atomic mass is 16.6. The van der Waals surface area contributed by atoms with Crippen molar-refractivity contribution in [1.29, 1.82) is 0 Å². The molecule has 230 valence electrons. The molecule has 0 aromatic heterocycles. The highest BCUT2D eigenvalue weighted by molar-refractivity contribution is 6.24. The number of nitro groups is 2. The first-order valence-corrected chi connectivity index (χ1v) is 13.5. The maximum Gasteiger partial charge on any atom is 0.343 e. The molecule has 0 bridgehead atoms. The first-order chi connectivity index (χ1) is 22.0. The minimum Gasteiger partial charge on any atom is -0.456 e. The molecular formula is C32H21N3O11. The molecule has 1 aliphatic rings. The van der Waals surface area contributed by atoms with Crippen molar-refractivity contribution in [3.8, 4) is 5.75 Å². The topological polar surface area (TPSA) is 193 Å². The largest absolute Gasteiger partial charge is 0.456 e. The molecule has 0 fully saturated rings. The molecule has 5 rings (SSSR count). The standard InChI is InChI=1S/C32H21N3O11/c36-27(20-11-15-23(16-12-20)46-31(39)21-9-13-22(14-10-21)34(41)42)18-45-32(40)26(17-19-5-2-1-3-6-19)33-29(37)24-7-4-8-25(35(43)44)28(24)30(33)38/h1-16,26H,17-18H2. The lowest BCUT2D eigenvalue weighted by Gasteiger charge is -2.24. The Morgan fingerprint density at radius 3 is 2.02 bits per heavy atom. The van der Waals surface area contributed by atoms with Crippen molar-refractivity contribution in [2.45, 2.75) is 12.5 Å². The van der Waals surface area contributed by atoms with E-state index in [1.165, 1.54) is 48.5 Å². The predicted molar refractivity (Wildman–Crippen MR) is 157 cm³/mol. The summed E-state index contributed by atoms with van der Waals surface area (Å²) >= 11 is 0. The van der Waals surface area contributed by atoms with Crippen molar-refractivity contribution in [2.75, 3.05) is 6.61 Å². The quantitative estimate of drug-likeness (QED) is 0.0575. The van der Waals surface area contributed by atoms with Gasteiger partial charge in [-0.1, -0.05) is 36.4 Å². The van der Waals surface area contributed by atoms with Gasteiger partial charge in [0.25, 0.3) is 23.2 Å². The van der Waals surface area contributed by atoms with Gasteiger partial charge in [-0.05, 0) is 48.0 Å². The van der Waals surface area contributed by atoms with Crippen molar-refractivity contribution in [2.24, 2.45) is 0 Å². The third kappa shape index (κ3) is 6.35. The number of carbonyl (C=O) groups is 5. The number of benzene rings is 4. The molecule has 1 heterocycles. The van der Waals surface area contributed by atoms with Gasteiger partial charge in [-0.2, -0.15) is 0 Å². The van der Waals surface area contributed by atoms with Crippen LogP contribution >= 0.6 is 0 Å². The number of carbonyl (C=O) groups excluding carboxylic acids is 5. The molecule has 0 radical (unpaired) electrons. The Kier molecular flexibility index (Phi) is 8.70. The molecule has 0 aliphatic carbocycles. The van der Waals surface area contributed by atoms with Gasteiger partial charge in [-0.25, -0.2) is 9.59 Å². The zero-order valence-electron chi connectivity index (χ0n) is 23.6. The van der Waals surface area contributed by atoms with Crippen molar-refractivity contribution in [3.63, 3.8) is 0 Å². The van der Waals surface area contributed by atoms with Gasteiger partial charge in [0.2, 0.25) is 0 Å². The highest BCUT2D eigenvalue weighted by Gasteiger charge is 2.47. The molecule has 1 atom stereocenters. The summed E-state index contributed by atoms with van der Waals surface area (Å²) in [4.78, 5) is 86.7. The summed E-state index contributed by atoms with van der Waals surface area (Å²) in [7, 11) is 0. The van der Waals surface area contributed by atoms with E-state index >= 15 is 0 Å². The summed E-state index contributed by atoms with van der Waals surface area (Å²) < 4.78 is 10.5. The van der Waals surface area contributed by atoms with E-state index in [9.17, 15) is 44.2 Å². The molecule has 0 saturated heterocycles. The number of non-ortho nitro benzene ring substituents is 1. The van der Waals surface area contributed by atoms with Crippen LogP contribution in [0, 0.1) is 20.2 Å². The third-order valence-corrected chi connectivity index (χ3v) is 7.02. The Labute approximate surface area is 259 Å². The number of hydrogen-bond donors (Lipinski definition) is 0. The fraction of sp³-hybridized carbons (Fsp3) is 0.0938. The van der Waals surface area contributed by atoms with Gasteiger partial charge in [0.05, 0.1) is 21.0 Å². The molecule has 2 amide bonds. The average molecular weight is 624 g/mol. The van der Waals surface area contributed by atoms with Gasteiger partial charge in [0.1, 0.15) is 17.4 Å².